The van der Waals surface area contributed by atoms with E-state index in [2.05, 4.69) is 15.0 Å². The fourth-order valence-corrected chi connectivity index (χ4v) is 2.58. The Bertz CT molecular complexity index is 620. The highest BCUT2D eigenvalue weighted by Gasteiger charge is 2.11. The minimum absolute atomic E-state index is 0.725. The topological polar surface area (TPSA) is 43.1 Å². The molecule has 3 aromatic rings. The van der Waals surface area contributed by atoms with Gasteiger partial charge in [0, 0.05) is 18.6 Å². The van der Waals surface area contributed by atoms with Crippen molar-refractivity contribution >= 4 is 17.1 Å². The van der Waals surface area contributed by atoms with Crippen molar-refractivity contribution in [2.24, 2.45) is 0 Å². The minimum atomic E-state index is 0.725. The number of imidazole rings is 1. The molecule has 0 atom stereocenters. The first-order valence-corrected chi connectivity index (χ1v) is 5.80. The summed E-state index contributed by atoms with van der Waals surface area (Å²) < 4.78 is 1.92. The molecule has 0 fully saturated rings. The number of nitrogens with zero attached hydrogens (tertiary/aromatic N) is 4. The summed E-state index contributed by atoms with van der Waals surface area (Å²) >= 11 is 1.67. The molecule has 16 heavy (non-hydrogen) atoms. The van der Waals surface area contributed by atoms with Gasteiger partial charge in [-0.1, -0.05) is 0 Å². The molecule has 0 spiro atoms. The molecule has 3 heterocycles. The predicted octanol–water partition coefficient (Wildman–Crippen LogP) is 2.47. The molecule has 80 valence electrons. The summed E-state index contributed by atoms with van der Waals surface area (Å²) in [5.41, 5.74) is 1.98. The Morgan fingerprint density at radius 3 is 2.81 bits per heavy atom. The van der Waals surface area contributed by atoms with Gasteiger partial charge >= 0.3 is 0 Å². The van der Waals surface area contributed by atoms with Crippen molar-refractivity contribution in [3.63, 3.8) is 0 Å². The maximum absolute atomic E-state index is 4.48. The van der Waals surface area contributed by atoms with Gasteiger partial charge in [0.25, 0.3) is 0 Å². The average Bonchev–Trinajstić information content (AvgIpc) is 2.81. The zero-order chi connectivity index (χ0) is 11.1. The SMILES string of the molecule is Cc1nc(C)c(-c2cn3cccnc3n2)s1. The standard InChI is InChI=1S/C11H10N4S/c1-7-10(16-8(2)13-7)9-6-15-5-3-4-12-11(15)14-9/h3-6H,1-2H3. The van der Waals surface area contributed by atoms with Crippen LogP contribution in [0, 0.1) is 13.8 Å². The first kappa shape index (κ1) is 9.47. The van der Waals surface area contributed by atoms with Crippen molar-refractivity contribution < 1.29 is 0 Å². The van der Waals surface area contributed by atoms with Gasteiger partial charge in [0.1, 0.15) is 5.69 Å². The van der Waals surface area contributed by atoms with Crippen molar-refractivity contribution in [1.29, 1.82) is 0 Å². The molecule has 0 bridgehead atoms. The van der Waals surface area contributed by atoms with Crippen LogP contribution >= 0.6 is 11.3 Å². The van der Waals surface area contributed by atoms with Crippen molar-refractivity contribution in [3.05, 3.63) is 35.4 Å². The third-order valence-corrected chi connectivity index (χ3v) is 3.47. The fraction of sp³-hybridized carbons (Fsp3) is 0.182. The van der Waals surface area contributed by atoms with E-state index in [-0.39, 0.29) is 0 Å². The summed E-state index contributed by atoms with van der Waals surface area (Å²) in [5, 5.41) is 1.07. The van der Waals surface area contributed by atoms with Gasteiger partial charge in [0.15, 0.2) is 0 Å². The molecule has 0 N–H and O–H groups in total. The highest BCUT2D eigenvalue weighted by atomic mass is 32.1. The van der Waals surface area contributed by atoms with Gasteiger partial charge in [-0.2, -0.15) is 0 Å². The normalized spacial score (nSPS) is 11.1. The first-order valence-electron chi connectivity index (χ1n) is 4.98. The lowest BCUT2D eigenvalue weighted by atomic mass is 10.3. The minimum Gasteiger partial charge on any atom is -0.290 e. The summed E-state index contributed by atoms with van der Waals surface area (Å²) in [7, 11) is 0. The molecule has 0 unspecified atom stereocenters. The van der Waals surface area contributed by atoms with Gasteiger partial charge in [0.2, 0.25) is 5.78 Å². The zero-order valence-corrected chi connectivity index (χ0v) is 9.82. The molecular weight excluding hydrogens is 220 g/mol. The summed E-state index contributed by atoms with van der Waals surface area (Å²) in [4.78, 5) is 14.2. The first-order chi connectivity index (χ1) is 7.74. The number of hydrogen-bond acceptors (Lipinski definition) is 4. The third kappa shape index (κ3) is 1.40. The van der Waals surface area contributed by atoms with E-state index in [1.807, 2.05) is 36.7 Å². The predicted molar refractivity (Wildman–Crippen MR) is 63.6 cm³/mol. The van der Waals surface area contributed by atoms with Crippen LogP contribution in [0.3, 0.4) is 0 Å². The molecule has 0 aliphatic heterocycles. The van der Waals surface area contributed by atoms with E-state index in [1.165, 1.54) is 0 Å². The molecule has 5 heteroatoms. The lowest BCUT2D eigenvalue weighted by Gasteiger charge is -1.88. The van der Waals surface area contributed by atoms with Crippen LogP contribution in [0.2, 0.25) is 0 Å². The molecule has 0 amide bonds. The van der Waals surface area contributed by atoms with E-state index in [0.29, 0.717) is 0 Å². The summed E-state index contributed by atoms with van der Waals surface area (Å²) in [6.07, 6.45) is 5.68. The number of fused-ring (bicyclic) bond motifs is 1. The summed E-state index contributed by atoms with van der Waals surface area (Å²) in [6.45, 7) is 4.02. The van der Waals surface area contributed by atoms with Crippen molar-refractivity contribution in [2.75, 3.05) is 0 Å². The van der Waals surface area contributed by atoms with E-state index in [4.69, 9.17) is 0 Å². The van der Waals surface area contributed by atoms with Crippen LogP contribution in [0.4, 0.5) is 0 Å². The van der Waals surface area contributed by atoms with Crippen LogP contribution in [0.1, 0.15) is 10.7 Å². The van der Waals surface area contributed by atoms with Gasteiger partial charge in [-0.25, -0.2) is 15.0 Å². The third-order valence-electron chi connectivity index (χ3n) is 2.37. The number of hydrogen-bond donors (Lipinski definition) is 0. The van der Waals surface area contributed by atoms with Crippen molar-refractivity contribution in [2.45, 2.75) is 13.8 Å². The van der Waals surface area contributed by atoms with Crippen molar-refractivity contribution in [1.82, 2.24) is 19.4 Å². The lowest BCUT2D eigenvalue weighted by molar-refractivity contribution is 1.11. The Morgan fingerprint density at radius 2 is 2.12 bits per heavy atom. The molecule has 0 aliphatic carbocycles. The Kier molecular flexibility index (Phi) is 2.00. The molecule has 0 aliphatic rings. The lowest BCUT2D eigenvalue weighted by Crippen LogP contribution is -1.82. The van der Waals surface area contributed by atoms with Gasteiger partial charge < -0.3 is 0 Å². The van der Waals surface area contributed by atoms with Crippen LogP contribution in [0.15, 0.2) is 24.7 Å². The molecular formula is C11H10N4S. The maximum atomic E-state index is 4.48. The number of aromatic nitrogens is 4. The van der Waals surface area contributed by atoms with Crippen LogP contribution in [0.25, 0.3) is 16.3 Å². The molecule has 0 aromatic carbocycles. The highest BCUT2D eigenvalue weighted by Crippen LogP contribution is 2.28. The largest absolute Gasteiger partial charge is 0.290 e. The second-order valence-electron chi connectivity index (χ2n) is 3.60. The van der Waals surface area contributed by atoms with Crippen LogP contribution in [-0.4, -0.2) is 19.4 Å². The number of aryl methyl sites for hydroxylation is 2. The van der Waals surface area contributed by atoms with Gasteiger partial charge in [0.05, 0.1) is 15.6 Å². The average molecular weight is 230 g/mol. The smallest absolute Gasteiger partial charge is 0.234 e. The van der Waals surface area contributed by atoms with E-state index in [0.717, 1.165) is 27.1 Å². The van der Waals surface area contributed by atoms with Gasteiger partial charge in [-0.05, 0) is 19.9 Å². The van der Waals surface area contributed by atoms with Crippen LogP contribution in [-0.2, 0) is 0 Å². The number of thiazole rings is 1. The van der Waals surface area contributed by atoms with Crippen molar-refractivity contribution in [3.8, 4) is 10.6 Å². The van der Waals surface area contributed by atoms with E-state index >= 15 is 0 Å². The quantitative estimate of drug-likeness (QED) is 0.645. The Hall–Kier alpha value is -1.75. The van der Waals surface area contributed by atoms with Gasteiger partial charge in [-0.15, -0.1) is 11.3 Å². The summed E-state index contributed by atoms with van der Waals surface area (Å²) in [5.74, 6) is 0.725. The molecule has 0 saturated heterocycles. The highest BCUT2D eigenvalue weighted by molar-refractivity contribution is 7.15. The van der Waals surface area contributed by atoms with E-state index < -0.39 is 0 Å². The monoisotopic (exact) mass is 230 g/mol. The van der Waals surface area contributed by atoms with Gasteiger partial charge in [-0.3, -0.25) is 4.40 Å². The molecule has 4 nitrogen and oxygen atoms in total. The fourth-order valence-electron chi connectivity index (χ4n) is 1.71. The molecule has 3 rings (SSSR count). The van der Waals surface area contributed by atoms with Crippen LogP contribution < -0.4 is 0 Å². The molecule has 0 saturated carbocycles. The Balaban J connectivity index is 2.22. The van der Waals surface area contributed by atoms with E-state index in [9.17, 15) is 0 Å². The summed E-state index contributed by atoms with van der Waals surface area (Å²) in [6, 6.07) is 1.89. The second kappa shape index (κ2) is 3.38. The zero-order valence-electron chi connectivity index (χ0n) is 9.01. The molecule has 3 aromatic heterocycles. The maximum Gasteiger partial charge on any atom is 0.234 e. The van der Waals surface area contributed by atoms with Crippen LogP contribution in [0.5, 0.6) is 0 Å². The Morgan fingerprint density at radius 1 is 1.25 bits per heavy atom. The van der Waals surface area contributed by atoms with E-state index in [1.54, 1.807) is 17.5 Å². The second-order valence-corrected chi connectivity index (χ2v) is 4.80. The Labute approximate surface area is 96.6 Å². The number of rotatable bonds is 1. The molecule has 0 radical (unpaired) electrons.